The fraction of sp³-hybridized carbons (Fsp3) is 0.154. The number of rotatable bonds is 1. The number of aryl methyl sites for hydroxylation is 1. The minimum absolute atomic E-state index is 0.120. The Bertz CT molecular complexity index is 851. The Kier molecular flexibility index (Phi) is 2.17. The van der Waals surface area contributed by atoms with Gasteiger partial charge in [0.05, 0.1) is 17.1 Å². The second kappa shape index (κ2) is 3.70. The average molecular weight is 238 g/mol. The van der Waals surface area contributed by atoms with E-state index in [1.165, 1.54) is 6.07 Å². The molecule has 0 aliphatic heterocycles. The molecule has 0 saturated heterocycles. The summed E-state index contributed by atoms with van der Waals surface area (Å²) in [6.45, 7) is 1.98. The van der Waals surface area contributed by atoms with E-state index < -0.39 is 0 Å². The van der Waals surface area contributed by atoms with Crippen molar-refractivity contribution >= 4 is 16.8 Å². The van der Waals surface area contributed by atoms with Crippen molar-refractivity contribution in [3.63, 3.8) is 0 Å². The van der Waals surface area contributed by atoms with Crippen molar-refractivity contribution in [2.45, 2.75) is 13.5 Å². The van der Waals surface area contributed by atoms with E-state index in [0.29, 0.717) is 5.78 Å². The molecule has 88 valence electrons. The highest BCUT2D eigenvalue weighted by Crippen LogP contribution is 2.15. The first-order valence-corrected chi connectivity index (χ1v) is 5.57. The van der Waals surface area contributed by atoms with Gasteiger partial charge in [-0.3, -0.25) is 4.79 Å². The minimum Gasteiger partial charge on any atom is -0.302 e. The predicted octanol–water partition coefficient (Wildman–Crippen LogP) is 1.48. The molecule has 0 spiro atoms. The summed E-state index contributed by atoms with van der Waals surface area (Å²) in [7, 11) is 0. The Morgan fingerprint density at radius 1 is 1.39 bits per heavy atom. The van der Waals surface area contributed by atoms with Crippen molar-refractivity contribution < 1.29 is 0 Å². The zero-order chi connectivity index (χ0) is 12.7. The third-order valence-electron chi connectivity index (χ3n) is 2.99. The van der Waals surface area contributed by atoms with E-state index in [2.05, 4.69) is 11.1 Å². The molecule has 18 heavy (non-hydrogen) atoms. The molecule has 1 aromatic carbocycles. The van der Waals surface area contributed by atoms with E-state index >= 15 is 0 Å². The summed E-state index contributed by atoms with van der Waals surface area (Å²) >= 11 is 0. The highest BCUT2D eigenvalue weighted by Gasteiger charge is 2.11. The molecule has 0 N–H and O–H groups in total. The molecule has 2 heterocycles. The fourth-order valence-corrected chi connectivity index (χ4v) is 2.16. The number of benzene rings is 1. The van der Waals surface area contributed by atoms with Crippen LogP contribution in [-0.4, -0.2) is 14.0 Å². The van der Waals surface area contributed by atoms with Gasteiger partial charge in [0.1, 0.15) is 6.54 Å². The molecule has 3 rings (SSSR count). The molecule has 0 bridgehead atoms. The molecule has 3 aromatic rings. The van der Waals surface area contributed by atoms with Gasteiger partial charge < -0.3 is 4.57 Å². The number of imidazole rings is 1. The molecule has 5 heteroatoms. The number of hydrogen-bond acceptors (Lipinski definition) is 3. The van der Waals surface area contributed by atoms with Crippen molar-refractivity contribution in [1.82, 2.24) is 14.0 Å². The van der Waals surface area contributed by atoms with Crippen LogP contribution in [0.25, 0.3) is 16.8 Å². The monoisotopic (exact) mass is 238 g/mol. The summed E-state index contributed by atoms with van der Waals surface area (Å²) in [5.41, 5.74) is 2.14. The van der Waals surface area contributed by atoms with Gasteiger partial charge in [-0.1, -0.05) is 12.1 Å². The smallest absolute Gasteiger partial charge is 0.259 e. The van der Waals surface area contributed by atoms with Crippen molar-refractivity contribution in [2.24, 2.45) is 0 Å². The highest BCUT2D eigenvalue weighted by molar-refractivity contribution is 5.79. The van der Waals surface area contributed by atoms with Crippen LogP contribution in [0.15, 0.2) is 35.1 Å². The molecule has 2 aromatic heterocycles. The third-order valence-corrected chi connectivity index (χ3v) is 2.99. The van der Waals surface area contributed by atoms with Gasteiger partial charge in [-0.25, -0.2) is 9.38 Å². The Morgan fingerprint density at radius 3 is 2.94 bits per heavy atom. The van der Waals surface area contributed by atoms with Gasteiger partial charge in [0, 0.05) is 11.8 Å². The van der Waals surface area contributed by atoms with E-state index in [4.69, 9.17) is 5.26 Å². The zero-order valence-corrected chi connectivity index (χ0v) is 9.79. The Morgan fingerprint density at radius 2 is 2.17 bits per heavy atom. The van der Waals surface area contributed by atoms with Gasteiger partial charge in [0.2, 0.25) is 5.78 Å². The lowest BCUT2D eigenvalue weighted by Crippen LogP contribution is -2.18. The normalized spacial score (nSPS) is 10.9. The van der Waals surface area contributed by atoms with Gasteiger partial charge >= 0.3 is 0 Å². The SMILES string of the molecule is Cc1cc(=O)n2c3ccccc3nc2n1CC#N. The first kappa shape index (κ1) is 10.5. The quantitative estimate of drug-likeness (QED) is 0.645. The molecule has 0 unspecified atom stereocenters. The fourth-order valence-electron chi connectivity index (χ4n) is 2.16. The second-order valence-corrected chi connectivity index (χ2v) is 4.10. The highest BCUT2D eigenvalue weighted by atomic mass is 16.1. The molecular weight excluding hydrogens is 228 g/mol. The molecule has 0 amide bonds. The number of aromatic nitrogens is 3. The molecule has 5 nitrogen and oxygen atoms in total. The number of nitriles is 1. The lowest BCUT2D eigenvalue weighted by Gasteiger charge is -2.07. The van der Waals surface area contributed by atoms with Crippen LogP contribution in [0.4, 0.5) is 0 Å². The van der Waals surface area contributed by atoms with Crippen LogP contribution in [0.2, 0.25) is 0 Å². The summed E-state index contributed by atoms with van der Waals surface area (Å²) < 4.78 is 3.28. The lowest BCUT2D eigenvalue weighted by molar-refractivity contribution is 0.776. The zero-order valence-electron chi connectivity index (χ0n) is 9.79. The molecule has 0 saturated carbocycles. The number of hydrogen-bond donors (Lipinski definition) is 0. The first-order valence-electron chi connectivity index (χ1n) is 5.57. The van der Waals surface area contributed by atoms with Crippen LogP contribution < -0.4 is 5.56 Å². The van der Waals surface area contributed by atoms with E-state index in [-0.39, 0.29) is 12.1 Å². The van der Waals surface area contributed by atoms with E-state index in [1.54, 1.807) is 15.9 Å². The van der Waals surface area contributed by atoms with Gasteiger partial charge in [-0.15, -0.1) is 0 Å². The summed E-state index contributed by atoms with van der Waals surface area (Å²) in [4.78, 5) is 16.5. The Balaban J connectivity index is 2.58. The maximum atomic E-state index is 12.1. The van der Waals surface area contributed by atoms with E-state index in [0.717, 1.165) is 16.7 Å². The number of para-hydroxylation sites is 2. The van der Waals surface area contributed by atoms with Crippen LogP contribution in [0, 0.1) is 18.3 Å². The standard InChI is InChI=1S/C13H10N4O/c1-9-8-12(18)17-11-5-3-2-4-10(11)15-13(17)16(9)7-6-14/h2-5,8H,7H2,1H3. The molecule has 0 aliphatic rings. The lowest BCUT2D eigenvalue weighted by atomic mass is 10.3. The minimum atomic E-state index is -0.120. The topological polar surface area (TPSA) is 63.1 Å². The Labute approximate surface area is 103 Å². The van der Waals surface area contributed by atoms with Crippen molar-refractivity contribution in [3.05, 3.63) is 46.4 Å². The summed E-state index contributed by atoms with van der Waals surface area (Å²) in [6, 6.07) is 11.1. The summed E-state index contributed by atoms with van der Waals surface area (Å²) in [5.74, 6) is 0.516. The van der Waals surface area contributed by atoms with Gasteiger partial charge in [-0.05, 0) is 19.1 Å². The number of fused-ring (bicyclic) bond motifs is 3. The van der Waals surface area contributed by atoms with Crippen molar-refractivity contribution in [1.29, 1.82) is 5.26 Å². The van der Waals surface area contributed by atoms with Crippen LogP contribution in [0.3, 0.4) is 0 Å². The molecule has 0 atom stereocenters. The Hall–Kier alpha value is -2.61. The van der Waals surface area contributed by atoms with Crippen LogP contribution in [0.1, 0.15) is 5.69 Å². The van der Waals surface area contributed by atoms with Crippen LogP contribution in [0.5, 0.6) is 0 Å². The van der Waals surface area contributed by atoms with Gasteiger partial charge in [-0.2, -0.15) is 5.26 Å². The van der Waals surface area contributed by atoms with Crippen molar-refractivity contribution in [3.8, 4) is 6.07 Å². The average Bonchev–Trinajstić information content (AvgIpc) is 2.73. The maximum absolute atomic E-state index is 12.1. The maximum Gasteiger partial charge on any atom is 0.259 e. The largest absolute Gasteiger partial charge is 0.302 e. The van der Waals surface area contributed by atoms with E-state index in [9.17, 15) is 4.79 Å². The first-order chi connectivity index (χ1) is 8.72. The van der Waals surface area contributed by atoms with Gasteiger partial charge in [0.25, 0.3) is 5.56 Å². The molecule has 0 fully saturated rings. The predicted molar refractivity (Wildman–Crippen MR) is 67.3 cm³/mol. The number of nitrogens with zero attached hydrogens (tertiary/aromatic N) is 4. The van der Waals surface area contributed by atoms with E-state index in [1.807, 2.05) is 24.3 Å². The molecular formula is C13H10N4O. The van der Waals surface area contributed by atoms with Gasteiger partial charge in [0.15, 0.2) is 0 Å². The van der Waals surface area contributed by atoms with Crippen molar-refractivity contribution in [2.75, 3.05) is 0 Å². The summed E-state index contributed by atoms with van der Waals surface area (Å²) in [6.07, 6.45) is 0. The molecule has 0 aliphatic carbocycles. The molecule has 0 radical (unpaired) electrons. The second-order valence-electron chi connectivity index (χ2n) is 4.10. The van der Waals surface area contributed by atoms with Crippen LogP contribution in [-0.2, 0) is 6.54 Å². The third kappa shape index (κ3) is 1.32. The summed E-state index contributed by atoms with van der Waals surface area (Å²) in [5, 5.41) is 8.86. The van der Waals surface area contributed by atoms with Crippen LogP contribution >= 0.6 is 0 Å².